The third-order valence-electron chi connectivity index (χ3n) is 2.16. The van der Waals surface area contributed by atoms with E-state index >= 15 is 0 Å². The van der Waals surface area contributed by atoms with Crippen molar-refractivity contribution in [1.82, 2.24) is 4.90 Å². The van der Waals surface area contributed by atoms with Gasteiger partial charge < -0.3 is 5.11 Å². The fourth-order valence-corrected chi connectivity index (χ4v) is 2.49. The largest absolute Gasteiger partial charge is 0.478 e. The summed E-state index contributed by atoms with van der Waals surface area (Å²) in [6.45, 7) is 4.85. The second-order valence-corrected chi connectivity index (χ2v) is 4.80. The van der Waals surface area contributed by atoms with Gasteiger partial charge in [-0.05, 0) is 25.6 Å². The Morgan fingerprint density at radius 2 is 2.29 bits per heavy atom. The normalized spacial score (nSPS) is 20.5. The number of nitrogens with zero attached hydrogens (tertiary/aromatic N) is 1. The SMILES string of the molecule is CC(=CC(=O)O)CN1CCCSCC1. The molecule has 3 nitrogen and oxygen atoms in total. The van der Waals surface area contributed by atoms with Crippen LogP contribution in [0.15, 0.2) is 11.6 Å². The van der Waals surface area contributed by atoms with Crippen molar-refractivity contribution in [2.75, 3.05) is 31.1 Å². The average Bonchev–Trinajstić information content (AvgIpc) is 2.31. The summed E-state index contributed by atoms with van der Waals surface area (Å²) in [5.41, 5.74) is 0.935. The van der Waals surface area contributed by atoms with E-state index in [0.29, 0.717) is 0 Å². The highest BCUT2D eigenvalue weighted by molar-refractivity contribution is 7.99. The quantitative estimate of drug-likeness (QED) is 0.724. The number of rotatable bonds is 3. The lowest BCUT2D eigenvalue weighted by Gasteiger charge is -2.19. The van der Waals surface area contributed by atoms with Gasteiger partial charge in [-0.1, -0.05) is 5.57 Å². The Morgan fingerprint density at radius 3 is 3.00 bits per heavy atom. The number of thioether (sulfide) groups is 1. The van der Waals surface area contributed by atoms with Crippen LogP contribution in [0.3, 0.4) is 0 Å². The van der Waals surface area contributed by atoms with E-state index in [-0.39, 0.29) is 0 Å². The van der Waals surface area contributed by atoms with E-state index in [1.54, 1.807) is 0 Å². The van der Waals surface area contributed by atoms with Crippen LogP contribution in [0.5, 0.6) is 0 Å². The van der Waals surface area contributed by atoms with Crippen molar-refractivity contribution >= 4 is 17.7 Å². The second-order valence-electron chi connectivity index (χ2n) is 3.57. The molecule has 0 amide bonds. The Kier molecular flexibility index (Phi) is 5.04. The maximum atomic E-state index is 10.4. The van der Waals surface area contributed by atoms with Crippen LogP contribution < -0.4 is 0 Å². The molecule has 0 bridgehead atoms. The molecular weight excluding hydrogens is 198 g/mol. The molecule has 0 saturated carbocycles. The van der Waals surface area contributed by atoms with Crippen LogP contribution in [0, 0.1) is 0 Å². The molecule has 80 valence electrons. The van der Waals surface area contributed by atoms with Gasteiger partial charge in [-0.3, -0.25) is 4.90 Å². The van der Waals surface area contributed by atoms with Crippen molar-refractivity contribution in [3.63, 3.8) is 0 Å². The van der Waals surface area contributed by atoms with Crippen LogP contribution in [-0.2, 0) is 4.79 Å². The highest BCUT2D eigenvalue weighted by Gasteiger charge is 2.09. The Bertz CT molecular complexity index is 220. The molecule has 4 heteroatoms. The molecule has 1 aliphatic heterocycles. The number of carboxylic acid groups (broad SMARTS) is 1. The molecule has 0 aromatic rings. The summed E-state index contributed by atoms with van der Waals surface area (Å²) in [6, 6.07) is 0. The first-order chi connectivity index (χ1) is 6.68. The van der Waals surface area contributed by atoms with Gasteiger partial charge in [-0.15, -0.1) is 0 Å². The van der Waals surface area contributed by atoms with Crippen molar-refractivity contribution in [3.8, 4) is 0 Å². The third-order valence-corrected chi connectivity index (χ3v) is 3.21. The van der Waals surface area contributed by atoms with Gasteiger partial charge in [0.2, 0.25) is 0 Å². The Labute approximate surface area is 89.2 Å². The third kappa shape index (κ3) is 4.67. The maximum absolute atomic E-state index is 10.4. The molecule has 1 saturated heterocycles. The molecule has 0 unspecified atom stereocenters. The first kappa shape index (κ1) is 11.6. The Hall–Kier alpha value is -0.480. The zero-order chi connectivity index (χ0) is 10.4. The average molecular weight is 215 g/mol. The van der Waals surface area contributed by atoms with Crippen LogP contribution >= 0.6 is 11.8 Å². The number of aliphatic carboxylic acids is 1. The summed E-state index contributed by atoms with van der Waals surface area (Å²) in [5.74, 6) is 1.56. The molecule has 0 spiro atoms. The molecule has 14 heavy (non-hydrogen) atoms. The number of hydrogen-bond acceptors (Lipinski definition) is 3. The van der Waals surface area contributed by atoms with E-state index in [1.165, 1.54) is 24.0 Å². The topological polar surface area (TPSA) is 40.5 Å². The van der Waals surface area contributed by atoms with Crippen molar-refractivity contribution in [3.05, 3.63) is 11.6 Å². The van der Waals surface area contributed by atoms with Gasteiger partial charge in [-0.2, -0.15) is 11.8 Å². The smallest absolute Gasteiger partial charge is 0.328 e. The van der Waals surface area contributed by atoms with Gasteiger partial charge in [0.1, 0.15) is 0 Å². The predicted molar refractivity (Wildman–Crippen MR) is 59.8 cm³/mol. The monoisotopic (exact) mass is 215 g/mol. The zero-order valence-electron chi connectivity index (χ0n) is 8.53. The zero-order valence-corrected chi connectivity index (χ0v) is 9.35. The molecule has 1 N–H and O–H groups in total. The Balaban J connectivity index is 2.37. The van der Waals surface area contributed by atoms with Crippen molar-refractivity contribution in [2.45, 2.75) is 13.3 Å². The van der Waals surface area contributed by atoms with Crippen LogP contribution in [0.4, 0.5) is 0 Å². The minimum absolute atomic E-state index is 0.798. The van der Waals surface area contributed by atoms with Crippen molar-refractivity contribution in [1.29, 1.82) is 0 Å². The molecule has 0 radical (unpaired) electrons. The van der Waals surface area contributed by atoms with Crippen molar-refractivity contribution in [2.24, 2.45) is 0 Å². The van der Waals surface area contributed by atoms with E-state index < -0.39 is 5.97 Å². The number of hydrogen-bond donors (Lipinski definition) is 1. The first-order valence-electron chi connectivity index (χ1n) is 4.88. The lowest BCUT2D eigenvalue weighted by atomic mass is 10.2. The van der Waals surface area contributed by atoms with Gasteiger partial charge in [0, 0.05) is 24.9 Å². The van der Waals surface area contributed by atoms with Gasteiger partial charge in [0.15, 0.2) is 0 Å². The highest BCUT2D eigenvalue weighted by atomic mass is 32.2. The minimum Gasteiger partial charge on any atom is -0.478 e. The summed E-state index contributed by atoms with van der Waals surface area (Å²) in [5, 5.41) is 8.57. The molecule has 1 rings (SSSR count). The van der Waals surface area contributed by atoms with Gasteiger partial charge in [0.25, 0.3) is 0 Å². The fourth-order valence-electron chi connectivity index (χ4n) is 1.56. The van der Waals surface area contributed by atoms with Crippen molar-refractivity contribution < 1.29 is 9.90 Å². The summed E-state index contributed by atoms with van der Waals surface area (Å²) in [4.78, 5) is 12.7. The number of carbonyl (C=O) groups is 1. The molecule has 1 aliphatic rings. The van der Waals surface area contributed by atoms with E-state index in [2.05, 4.69) is 4.90 Å². The molecule has 0 aliphatic carbocycles. The van der Waals surface area contributed by atoms with E-state index in [0.717, 1.165) is 25.2 Å². The molecule has 0 aromatic carbocycles. The van der Waals surface area contributed by atoms with E-state index in [1.807, 2.05) is 18.7 Å². The van der Waals surface area contributed by atoms with E-state index in [4.69, 9.17) is 5.11 Å². The van der Waals surface area contributed by atoms with E-state index in [9.17, 15) is 4.79 Å². The van der Waals surface area contributed by atoms with Gasteiger partial charge in [-0.25, -0.2) is 4.79 Å². The lowest BCUT2D eigenvalue weighted by molar-refractivity contribution is -0.131. The minimum atomic E-state index is -0.841. The molecule has 1 fully saturated rings. The second kappa shape index (κ2) is 6.09. The first-order valence-corrected chi connectivity index (χ1v) is 6.04. The standard InChI is InChI=1S/C10H17NO2S/c1-9(7-10(12)13)8-11-3-2-5-14-6-4-11/h7H,2-6,8H2,1H3,(H,12,13). The number of carboxylic acids is 1. The van der Waals surface area contributed by atoms with Crippen LogP contribution in [0.2, 0.25) is 0 Å². The highest BCUT2D eigenvalue weighted by Crippen LogP contribution is 2.11. The lowest BCUT2D eigenvalue weighted by Crippen LogP contribution is -2.27. The van der Waals surface area contributed by atoms with Crippen LogP contribution in [0.1, 0.15) is 13.3 Å². The molecule has 0 aromatic heterocycles. The Morgan fingerprint density at radius 1 is 1.50 bits per heavy atom. The fraction of sp³-hybridized carbons (Fsp3) is 0.700. The van der Waals surface area contributed by atoms with Gasteiger partial charge in [0.05, 0.1) is 0 Å². The van der Waals surface area contributed by atoms with Gasteiger partial charge >= 0.3 is 5.97 Å². The summed E-state index contributed by atoms with van der Waals surface area (Å²) in [6.07, 6.45) is 2.52. The maximum Gasteiger partial charge on any atom is 0.328 e. The molecule has 0 atom stereocenters. The summed E-state index contributed by atoms with van der Waals surface area (Å²) in [7, 11) is 0. The van der Waals surface area contributed by atoms with Crippen LogP contribution in [0.25, 0.3) is 0 Å². The summed E-state index contributed by atoms with van der Waals surface area (Å²) < 4.78 is 0. The summed E-state index contributed by atoms with van der Waals surface area (Å²) >= 11 is 1.98. The molecular formula is C10H17NO2S. The molecule has 1 heterocycles. The predicted octanol–water partition coefficient (Wildman–Crippen LogP) is 1.46. The van der Waals surface area contributed by atoms with Crippen LogP contribution in [-0.4, -0.2) is 47.1 Å².